The van der Waals surface area contributed by atoms with Gasteiger partial charge in [0.1, 0.15) is 11.3 Å². The van der Waals surface area contributed by atoms with Crippen molar-refractivity contribution in [2.75, 3.05) is 34.3 Å². The molecule has 32 heavy (non-hydrogen) atoms. The summed E-state index contributed by atoms with van der Waals surface area (Å²) in [6, 6.07) is 12.9. The van der Waals surface area contributed by atoms with Gasteiger partial charge in [-0.1, -0.05) is 38.1 Å². The molecule has 168 valence electrons. The minimum atomic E-state index is -0.455. The molecule has 1 aliphatic heterocycles. The average molecular weight is 435 g/mol. The van der Waals surface area contributed by atoms with E-state index >= 15 is 0 Å². The Hall–Kier alpha value is -3.12. The van der Waals surface area contributed by atoms with Gasteiger partial charge >= 0.3 is 0 Å². The lowest BCUT2D eigenvalue weighted by atomic mass is 9.95. The highest BCUT2D eigenvalue weighted by Crippen LogP contribution is 2.39. The number of methoxy groups -OCH3 is 1. The van der Waals surface area contributed by atoms with E-state index in [-0.39, 0.29) is 17.1 Å². The molecular weight excluding hydrogens is 404 g/mol. The molecule has 0 saturated carbocycles. The standard InChI is InChI=1S/C26H30N2O4/c1-16(2)17-7-9-18(10-8-17)23-22-24(29)20-12-11-19(31-5)15-21(20)32-25(22)26(30)28(23)14-6-13-27(3)4/h7-12,15-16,23H,6,13-14H2,1-5H3. The molecule has 1 aliphatic rings. The molecule has 0 spiro atoms. The molecule has 0 radical (unpaired) electrons. The second-order valence-electron chi connectivity index (χ2n) is 8.92. The molecule has 4 rings (SSSR count). The summed E-state index contributed by atoms with van der Waals surface area (Å²) >= 11 is 0. The minimum absolute atomic E-state index is 0.138. The van der Waals surface area contributed by atoms with Crippen molar-refractivity contribution in [3.63, 3.8) is 0 Å². The molecule has 1 aromatic heterocycles. The van der Waals surface area contributed by atoms with Crippen LogP contribution in [0.2, 0.25) is 0 Å². The van der Waals surface area contributed by atoms with E-state index in [0.717, 1.165) is 18.5 Å². The van der Waals surface area contributed by atoms with Crippen LogP contribution in [0, 0.1) is 0 Å². The summed E-state index contributed by atoms with van der Waals surface area (Å²) < 4.78 is 11.3. The van der Waals surface area contributed by atoms with E-state index < -0.39 is 6.04 Å². The summed E-state index contributed by atoms with van der Waals surface area (Å²) in [6.07, 6.45) is 0.800. The van der Waals surface area contributed by atoms with Crippen molar-refractivity contribution in [1.29, 1.82) is 0 Å². The number of nitrogens with zero attached hydrogens (tertiary/aromatic N) is 2. The zero-order valence-electron chi connectivity index (χ0n) is 19.3. The quantitative estimate of drug-likeness (QED) is 0.551. The topological polar surface area (TPSA) is 63.0 Å². The fraction of sp³-hybridized carbons (Fsp3) is 0.385. The second kappa shape index (κ2) is 8.79. The fourth-order valence-corrected chi connectivity index (χ4v) is 4.32. The Labute approximate surface area is 188 Å². The third kappa shape index (κ3) is 3.91. The molecule has 0 N–H and O–H groups in total. The first-order chi connectivity index (χ1) is 15.3. The van der Waals surface area contributed by atoms with Gasteiger partial charge in [0.05, 0.1) is 24.1 Å². The smallest absolute Gasteiger partial charge is 0.290 e. The van der Waals surface area contributed by atoms with Crippen molar-refractivity contribution in [1.82, 2.24) is 9.80 Å². The van der Waals surface area contributed by atoms with Crippen molar-refractivity contribution in [3.8, 4) is 5.75 Å². The van der Waals surface area contributed by atoms with Gasteiger partial charge in [0.15, 0.2) is 5.43 Å². The van der Waals surface area contributed by atoms with Gasteiger partial charge in [-0.3, -0.25) is 9.59 Å². The zero-order valence-corrected chi connectivity index (χ0v) is 19.3. The van der Waals surface area contributed by atoms with Crippen LogP contribution in [-0.4, -0.2) is 50.0 Å². The SMILES string of the molecule is COc1ccc2c(=O)c3c(oc2c1)C(=O)N(CCCN(C)C)C3c1ccc(C(C)C)cc1. The molecule has 0 fully saturated rings. The number of ether oxygens (including phenoxy) is 1. The molecule has 0 bridgehead atoms. The van der Waals surface area contributed by atoms with Crippen LogP contribution in [-0.2, 0) is 0 Å². The monoisotopic (exact) mass is 434 g/mol. The van der Waals surface area contributed by atoms with Gasteiger partial charge in [-0.15, -0.1) is 0 Å². The maximum atomic E-state index is 13.6. The maximum Gasteiger partial charge on any atom is 0.290 e. The normalized spacial score (nSPS) is 15.8. The minimum Gasteiger partial charge on any atom is -0.497 e. The van der Waals surface area contributed by atoms with Crippen molar-refractivity contribution < 1.29 is 13.9 Å². The van der Waals surface area contributed by atoms with E-state index in [0.29, 0.717) is 34.7 Å². The van der Waals surface area contributed by atoms with E-state index in [2.05, 4.69) is 30.9 Å². The molecule has 1 amide bonds. The molecule has 2 heterocycles. The molecule has 0 saturated heterocycles. The van der Waals surface area contributed by atoms with Gasteiger partial charge in [-0.05, 0) is 56.2 Å². The third-order valence-corrected chi connectivity index (χ3v) is 6.10. The summed E-state index contributed by atoms with van der Waals surface area (Å²) in [5.74, 6) is 0.883. The number of amides is 1. The van der Waals surface area contributed by atoms with Gasteiger partial charge < -0.3 is 19.0 Å². The number of fused-ring (bicyclic) bond motifs is 2. The molecule has 6 nitrogen and oxygen atoms in total. The first-order valence-corrected chi connectivity index (χ1v) is 11.0. The summed E-state index contributed by atoms with van der Waals surface area (Å²) in [5, 5.41) is 0.455. The van der Waals surface area contributed by atoms with E-state index in [1.807, 2.05) is 26.2 Å². The summed E-state index contributed by atoms with van der Waals surface area (Å²) in [5.41, 5.74) is 2.77. The summed E-state index contributed by atoms with van der Waals surface area (Å²) in [7, 11) is 5.57. The van der Waals surface area contributed by atoms with Crippen molar-refractivity contribution in [3.05, 3.63) is 75.1 Å². The molecule has 1 unspecified atom stereocenters. The Balaban J connectivity index is 1.85. The largest absolute Gasteiger partial charge is 0.497 e. The first-order valence-electron chi connectivity index (χ1n) is 11.0. The van der Waals surface area contributed by atoms with Crippen molar-refractivity contribution in [2.24, 2.45) is 0 Å². The number of hydrogen-bond acceptors (Lipinski definition) is 5. The average Bonchev–Trinajstić information content (AvgIpc) is 3.05. The van der Waals surface area contributed by atoms with E-state index in [9.17, 15) is 9.59 Å². The zero-order chi connectivity index (χ0) is 23.0. The van der Waals surface area contributed by atoms with Gasteiger partial charge in [0.2, 0.25) is 5.76 Å². The Kier molecular flexibility index (Phi) is 6.07. The van der Waals surface area contributed by atoms with Crippen LogP contribution in [0.5, 0.6) is 5.75 Å². The van der Waals surface area contributed by atoms with Crippen LogP contribution in [0.4, 0.5) is 0 Å². The van der Waals surface area contributed by atoms with Crippen LogP contribution < -0.4 is 10.2 Å². The number of hydrogen-bond donors (Lipinski definition) is 0. The number of benzene rings is 2. The van der Waals surface area contributed by atoms with Crippen LogP contribution in [0.3, 0.4) is 0 Å². The molecule has 3 aromatic rings. The van der Waals surface area contributed by atoms with Gasteiger partial charge in [-0.25, -0.2) is 0 Å². The highest BCUT2D eigenvalue weighted by atomic mass is 16.5. The van der Waals surface area contributed by atoms with Crippen LogP contribution in [0.1, 0.15) is 59.5 Å². The molecule has 6 heteroatoms. The van der Waals surface area contributed by atoms with E-state index in [1.54, 1.807) is 30.2 Å². The highest BCUT2D eigenvalue weighted by Gasteiger charge is 2.42. The Morgan fingerprint density at radius 1 is 1.09 bits per heavy atom. The van der Waals surface area contributed by atoms with Gasteiger partial charge in [-0.2, -0.15) is 0 Å². The van der Waals surface area contributed by atoms with Gasteiger partial charge in [0, 0.05) is 12.6 Å². The number of carbonyl (C=O) groups is 1. The number of rotatable bonds is 7. The molecule has 2 aromatic carbocycles. The number of carbonyl (C=O) groups excluding carboxylic acids is 1. The van der Waals surface area contributed by atoms with E-state index in [1.165, 1.54) is 5.56 Å². The second-order valence-corrected chi connectivity index (χ2v) is 8.92. The van der Waals surface area contributed by atoms with Crippen LogP contribution in [0.25, 0.3) is 11.0 Å². The van der Waals surface area contributed by atoms with Crippen LogP contribution >= 0.6 is 0 Å². The van der Waals surface area contributed by atoms with E-state index in [4.69, 9.17) is 9.15 Å². The summed E-state index contributed by atoms with van der Waals surface area (Å²) in [6.45, 7) is 5.68. The highest BCUT2D eigenvalue weighted by molar-refractivity contribution is 5.99. The fourth-order valence-electron chi connectivity index (χ4n) is 4.32. The predicted octanol–water partition coefficient (Wildman–Crippen LogP) is 4.42. The Morgan fingerprint density at radius 2 is 1.81 bits per heavy atom. The first kappa shape index (κ1) is 22.1. The molecular formula is C26H30N2O4. The molecule has 1 atom stereocenters. The lowest BCUT2D eigenvalue weighted by Crippen LogP contribution is -2.32. The lowest BCUT2D eigenvalue weighted by Gasteiger charge is -2.26. The predicted molar refractivity (Wildman–Crippen MR) is 126 cm³/mol. The lowest BCUT2D eigenvalue weighted by molar-refractivity contribution is 0.0722. The third-order valence-electron chi connectivity index (χ3n) is 6.10. The molecule has 0 aliphatic carbocycles. The Morgan fingerprint density at radius 3 is 2.44 bits per heavy atom. The van der Waals surface area contributed by atoms with Crippen LogP contribution in [0.15, 0.2) is 51.7 Å². The van der Waals surface area contributed by atoms with Gasteiger partial charge in [0.25, 0.3) is 5.91 Å². The summed E-state index contributed by atoms with van der Waals surface area (Å²) in [4.78, 5) is 30.9. The van der Waals surface area contributed by atoms with Crippen molar-refractivity contribution in [2.45, 2.75) is 32.2 Å². The maximum absolute atomic E-state index is 13.6. The Bertz CT molecular complexity index is 1190. The van der Waals surface area contributed by atoms with Crippen molar-refractivity contribution >= 4 is 16.9 Å².